The van der Waals surface area contributed by atoms with Crippen LogP contribution in [0.25, 0.3) is 0 Å². The fraction of sp³-hybridized carbons (Fsp3) is 0.400. The van der Waals surface area contributed by atoms with Gasteiger partial charge >= 0.3 is 12.0 Å². The molecule has 2 N–H and O–H groups in total. The Balaban J connectivity index is 1.74. The third-order valence-electron chi connectivity index (χ3n) is 3.37. The first-order valence-corrected chi connectivity index (χ1v) is 7.87. The number of nitrogens with one attached hydrogen (secondary N) is 2. The molecular formula is C15H17BrN2O4. The van der Waals surface area contributed by atoms with Crippen molar-refractivity contribution in [3.63, 3.8) is 0 Å². The van der Waals surface area contributed by atoms with Crippen molar-refractivity contribution in [2.45, 2.75) is 31.7 Å². The van der Waals surface area contributed by atoms with Crippen LogP contribution in [0.4, 0.5) is 4.79 Å². The fourth-order valence-corrected chi connectivity index (χ4v) is 2.74. The van der Waals surface area contributed by atoms with Crippen LogP contribution in [0, 0.1) is 0 Å². The first kappa shape index (κ1) is 16.5. The summed E-state index contributed by atoms with van der Waals surface area (Å²) in [6, 6.07) is 6.31. The first-order chi connectivity index (χ1) is 10.6. The Labute approximate surface area is 136 Å². The van der Waals surface area contributed by atoms with Crippen molar-refractivity contribution < 1.29 is 19.1 Å². The van der Waals surface area contributed by atoms with E-state index < -0.39 is 24.5 Å². The highest BCUT2D eigenvalue weighted by atomic mass is 79.9. The quantitative estimate of drug-likeness (QED) is 0.799. The van der Waals surface area contributed by atoms with Gasteiger partial charge < -0.3 is 10.1 Å². The number of amides is 3. The van der Waals surface area contributed by atoms with Crippen molar-refractivity contribution in [2.75, 3.05) is 6.61 Å². The number of carbonyl (C=O) groups is 3. The molecule has 2 rings (SSSR count). The molecule has 118 valence electrons. The van der Waals surface area contributed by atoms with Crippen molar-refractivity contribution in [3.8, 4) is 0 Å². The number of carbonyl (C=O) groups excluding carboxylic acids is 3. The molecule has 1 aromatic rings. The molecule has 0 atom stereocenters. The molecular weight excluding hydrogens is 352 g/mol. The van der Waals surface area contributed by atoms with Gasteiger partial charge in [-0.2, -0.15) is 0 Å². The summed E-state index contributed by atoms with van der Waals surface area (Å²) in [7, 11) is 0. The lowest BCUT2D eigenvalue weighted by Gasteiger charge is -2.12. The molecule has 1 aliphatic rings. The Bertz CT molecular complexity index is 570. The average molecular weight is 369 g/mol. The second-order valence-electron chi connectivity index (χ2n) is 5.06. The van der Waals surface area contributed by atoms with E-state index in [0.29, 0.717) is 10.0 Å². The zero-order valence-corrected chi connectivity index (χ0v) is 13.5. The molecule has 1 fully saturated rings. The summed E-state index contributed by atoms with van der Waals surface area (Å²) in [5, 5.41) is 4.87. The molecule has 22 heavy (non-hydrogen) atoms. The lowest BCUT2D eigenvalue weighted by Crippen LogP contribution is -2.45. The van der Waals surface area contributed by atoms with Gasteiger partial charge in [0.1, 0.15) is 0 Å². The molecule has 0 unspecified atom stereocenters. The van der Waals surface area contributed by atoms with Crippen LogP contribution in [-0.2, 0) is 9.53 Å². The van der Waals surface area contributed by atoms with E-state index in [9.17, 15) is 14.4 Å². The molecule has 1 aliphatic carbocycles. The molecule has 0 aromatic heterocycles. The Kier molecular flexibility index (Phi) is 5.94. The van der Waals surface area contributed by atoms with Crippen molar-refractivity contribution in [1.29, 1.82) is 0 Å². The highest BCUT2D eigenvalue weighted by Crippen LogP contribution is 2.17. The summed E-state index contributed by atoms with van der Waals surface area (Å²) < 4.78 is 5.46. The van der Waals surface area contributed by atoms with E-state index in [2.05, 4.69) is 26.6 Å². The third kappa shape index (κ3) is 4.84. The van der Waals surface area contributed by atoms with Crippen LogP contribution in [0.1, 0.15) is 36.0 Å². The number of hydrogen-bond donors (Lipinski definition) is 2. The Hall–Kier alpha value is -1.89. The minimum absolute atomic E-state index is 0.121. The van der Waals surface area contributed by atoms with Crippen LogP contribution < -0.4 is 10.6 Å². The van der Waals surface area contributed by atoms with Gasteiger partial charge in [-0.05, 0) is 40.9 Å². The number of rotatable bonds is 4. The standard InChI is InChI=1S/C15H17BrN2O4/c16-12-8-4-3-7-11(12)14(20)22-9-13(19)18-15(21)17-10-5-1-2-6-10/h3-4,7-8,10H,1-2,5-6,9H2,(H2,17,18,19,21). The highest BCUT2D eigenvalue weighted by molar-refractivity contribution is 9.10. The molecule has 7 heteroatoms. The number of halogens is 1. The predicted octanol–water partition coefficient (Wildman–Crippen LogP) is 2.37. The van der Waals surface area contributed by atoms with Gasteiger partial charge in [0.05, 0.1) is 5.56 Å². The third-order valence-corrected chi connectivity index (χ3v) is 4.06. The number of ether oxygens (including phenoxy) is 1. The Morgan fingerprint density at radius 2 is 1.86 bits per heavy atom. The van der Waals surface area contributed by atoms with Crippen LogP contribution >= 0.6 is 15.9 Å². The number of imide groups is 1. The molecule has 6 nitrogen and oxygen atoms in total. The van der Waals surface area contributed by atoms with E-state index in [1.54, 1.807) is 24.3 Å². The number of urea groups is 1. The van der Waals surface area contributed by atoms with E-state index >= 15 is 0 Å². The fourth-order valence-electron chi connectivity index (χ4n) is 2.29. The lowest BCUT2D eigenvalue weighted by atomic mass is 10.2. The number of esters is 1. The summed E-state index contributed by atoms with van der Waals surface area (Å²) in [6.45, 7) is -0.502. The van der Waals surface area contributed by atoms with Gasteiger partial charge in [-0.3, -0.25) is 10.1 Å². The van der Waals surface area contributed by atoms with Gasteiger partial charge in [0.15, 0.2) is 6.61 Å². The second kappa shape index (κ2) is 7.93. The molecule has 1 aromatic carbocycles. The van der Waals surface area contributed by atoms with Gasteiger partial charge in [-0.15, -0.1) is 0 Å². The van der Waals surface area contributed by atoms with Gasteiger partial charge in [0.25, 0.3) is 5.91 Å². The largest absolute Gasteiger partial charge is 0.452 e. The Morgan fingerprint density at radius 3 is 2.55 bits per heavy atom. The summed E-state index contributed by atoms with van der Waals surface area (Å²) >= 11 is 3.23. The molecule has 0 bridgehead atoms. The molecule has 0 saturated heterocycles. The summed E-state index contributed by atoms with van der Waals surface area (Å²) in [6.07, 6.45) is 4.03. The van der Waals surface area contributed by atoms with E-state index in [1.807, 2.05) is 0 Å². The highest BCUT2D eigenvalue weighted by Gasteiger charge is 2.19. The molecule has 0 aliphatic heterocycles. The normalized spacial score (nSPS) is 14.4. The van der Waals surface area contributed by atoms with Crippen molar-refractivity contribution in [3.05, 3.63) is 34.3 Å². The monoisotopic (exact) mass is 368 g/mol. The first-order valence-electron chi connectivity index (χ1n) is 7.08. The lowest BCUT2D eigenvalue weighted by molar-refractivity contribution is -0.123. The maximum atomic E-state index is 11.8. The van der Waals surface area contributed by atoms with E-state index in [4.69, 9.17) is 4.74 Å². The van der Waals surface area contributed by atoms with E-state index in [1.165, 1.54) is 0 Å². The van der Waals surface area contributed by atoms with Crippen molar-refractivity contribution >= 4 is 33.8 Å². The van der Waals surface area contributed by atoms with Gasteiger partial charge in [-0.1, -0.05) is 25.0 Å². The van der Waals surface area contributed by atoms with Crippen LogP contribution in [0.2, 0.25) is 0 Å². The van der Waals surface area contributed by atoms with E-state index in [-0.39, 0.29) is 6.04 Å². The van der Waals surface area contributed by atoms with Crippen LogP contribution in [0.5, 0.6) is 0 Å². The summed E-state index contributed by atoms with van der Waals surface area (Å²) in [5.74, 6) is -1.28. The smallest absolute Gasteiger partial charge is 0.339 e. The zero-order chi connectivity index (χ0) is 15.9. The average Bonchev–Trinajstić information content (AvgIpc) is 2.98. The van der Waals surface area contributed by atoms with Crippen LogP contribution in [-0.4, -0.2) is 30.6 Å². The van der Waals surface area contributed by atoms with Gasteiger partial charge in [0, 0.05) is 10.5 Å². The second-order valence-corrected chi connectivity index (χ2v) is 5.91. The van der Waals surface area contributed by atoms with Gasteiger partial charge in [0.2, 0.25) is 0 Å². The SMILES string of the molecule is O=C(COC(=O)c1ccccc1Br)NC(=O)NC1CCCC1. The van der Waals surface area contributed by atoms with Crippen molar-refractivity contribution in [2.24, 2.45) is 0 Å². The molecule has 0 heterocycles. The van der Waals surface area contributed by atoms with E-state index in [0.717, 1.165) is 25.7 Å². The van der Waals surface area contributed by atoms with Crippen LogP contribution in [0.3, 0.4) is 0 Å². The minimum atomic E-state index is -0.657. The summed E-state index contributed by atoms with van der Waals surface area (Å²) in [4.78, 5) is 35.0. The van der Waals surface area contributed by atoms with Crippen LogP contribution in [0.15, 0.2) is 28.7 Å². The predicted molar refractivity (Wildman–Crippen MR) is 83.4 cm³/mol. The number of benzene rings is 1. The number of hydrogen-bond acceptors (Lipinski definition) is 4. The van der Waals surface area contributed by atoms with Gasteiger partial charge in [-0.25, -0.2) is 9.59 Å². The van der Waals surface area contributed by atoms with Crippen molar-refractivity contribution in [1.82, 2.24) is 10.6 Å². The molecule has 0 radical (unpaired) electrons. The molecule has 3 amide bonds. The maximum Gasteiger partial charge on any atom is 0.339 e. The zero-order valence-electron chi connectivity index (χ0n) is 11.9. The minimum Gasteiger partial charge on any atom is -0.452 e. The maximum absolute atomic E-state index is 11.8. The molecule has 0 spiro atoms. The summed E-state index contributed by atoms with van der Waals surface area (Å²) in [5.41, 5.74) is 0.325. The Morgan fingerprint density at radius 1 is 1.18 bits per heavy atom. The topological polar surface area (TPSA) is 84.5 Å². The molecule has 1 saturated carbocycles.